The number of hydrogen-bond donors (Lipinski definition) is 2. The number of amides is 3. The summed E-state index contributed by atoms with van der Waals surface area (Å²) in [5.41, 5.74) is 6.08. The SMILES string of the molecule is CCC(C)[C@H]1C(=O)Nc2cc(F)cnc2CN1C(N)=O. The third-order valence-electron chi connectivity index (χ3n) is 3.59. The standard InChI is InChI=1S/C13H17FN4O2/c1-3-7(2)11-12(19)17-9-4-8(14)5-16-10(9)6-18(11)13(15)20/h4-5,7,11H,3,6H2,1-2H3,(H2,15,20)(H,17,19)/t7?,11-/m0/s1. The van der Waals surface area contributed by atoms with Crippen LogP contribution in [-0.2, 0) is 11.3 Å². The van der Waals surface area contributed by atoms with E-state index < -0.39 is 17.9 Å². The van der Waals surface area contributed by atoms with Crippen molar-refractivity contribution in [3.63, 3.8) is 0 Å². The van der Waals surface area contributed by atoms with Crippen molar-refractivity contribution in [2.24, 2.45) is 11.7 Å². The number of carbonyl (C=O) groups is 2. The lowest BCUT2D eigenvalue weighted by Crippen LogP contribution is -2.50. The van der Waals surface area contributed by atoms with Crippen LogP contribution in [0.15, 0.2) is 12.3 Å². The smallest absolute Gasteiger partial charge is 0.315 e. The molecule has 0 fully saturated rings. The van der Waals surface area contributed by atoms with Crippen LogP contribution in [-0.4, -0.2) is 27.9 Å². The van der Waals surface area contributed by atoms with Crippen LogP contribution in [0, 0.1) is 11.7 Å². The minimum absolute atomic E-state index is 0.0679. The Balaban J connectivity index is 2.45. The summed E-state index contributed by atoms with van der Waals surface area (Å²) in [4.78, 5) is 29.1. The maximum atomic E-state index is 13.2. The predicted octanol–water partition coefficient (Wildman–Crippen LogP) is 1.47. The summed E-state index contributed by atoms with van der Waals surface area (Å²) in [5.74, 6) is -0.984. The molecule has 0 aliphatic carbocycles. The third-order valence-corrected chi connectivity index (χ3v) is 3.59. The van der Waals surface area contributed by atoms with Crippen molar-refractivity contribution in [3.05, 3.63) is 23.8 Å². The molecular weight excluding hydrogens is 263 g/mol. The molecule has 0 radical (unpaired) electrons. The number of nitrogens with one attached hydrogen (secondary N) is 1. The van der Waals surface area contributed by atoms with Gasteiger partial charge in [-0.15, -0.1) is 0 Å². The molecule has 1 unspecified atom stereocenters. The van der Waals surface area contributed by atoms with Gasteiger partial charge in [0, 0.05) is 6.07 Å². The van der Waals surface area contributed by atoms with Crippen LogP contribution < -0.4 is 11.1 Å². The molecule has 108 valence electrons. The van der Waals surface area contributed by atoms with Gasteiger partial charge >= 0.3 is 6.03 Å². The highest BCUT2D eigenvalue weighted by molar-refractivity contribution is 5.98. The summed E-state index contributed by atoms with van der Waals surface area (Å²) in [6.07, 6.45) is 1.76. The highest BCUT2D eigenvalue weighted by Gasteiger charge is 2.36. The van der Waals surface area contributed by atoms with Gasteiger partial charge < -0.3 is 16.0 Å². The first-order valence-corrected chi connectivity index (χ1v) is 6.45. The van der Waals surface area contributed by atoms with Gasteiger partial charge in [-0.1, -0.05) is 20.3 Å². The molecule has 3 N–H and O–H groups in total. The molecule has 3 amide bonds. The average molecular weight is 280 g/mol. The van der Waals surface area contributed by atoms with E-state index in [1.54, 1.807) is 0 Å². The highest BCUT2D eigenvalue weighted by atomic mass is 19.1. The Kier molecular flexibility index (Phi) is 3.87. The van der Waals surface area contributed by atoms with Gasteiger partial charge in [-0.2, -0.15) is 0 Å². The molecule has 0 bridgehead atoms. The zero-order chi connectivity index (χ0) is 14.9. The van der Waals surface area contributed by atoms with Gasteiger partial charge in [0.25, 0.3) is 0 Å². The van der Waals surface area contributed by atoms with Crippen molar-refractivity contribution in [2.45, 2.75) is 32.9 Å². The number of primary amides is 1. The molecule has 6 nitrogen and oxygen atoms in total. The number of hydrogen-bond acceptors (Lipinski definition) is 3. The lowest BCUT2D eigenvalue weighted by atomic mass is 9.97. The van der Waals surface area contributed by atoms with Crippen LogP contribution in [0.2, 0.25) is 0 Å². The normalized spacial score (nSPS) is 19.9. The van der Waals surface area contributed by atoms with E-state index in [0.29, 0.717) is 12.1 Å². The minimum atomic E-state index is -0.690. The fourth-order valence-corrected chi connectivity index (χ4v) is 2.31. The van der Waals surface area contributed by atoms with E-state index >= 15 is 0 Å². The number of fused-ring (bicyclic) bond motifs is 1. The van der Waals surface area contributed by atoms with E-state index in [4.69, 9.17) is 5.73 Å². The molecule has 2 rings (SSSR count). The fraction of sp³-hybridized carbons (Fsp3) is 0.462. The summed E-state index contributed by atoms with van der Waals surface area (Å²) in [6.45, 7) is 3.87. The Labute approximate surface area is 116 Å². The van der Waals surface area contributed by atoms with Gasteiger partial charge in [-0.3, -0.25) is 9.78 Å². The Morgan fingerprint density at radius 3 is 3.00 bits per heavy atom. The molecule has 7 heteroatoms. The molecule has 20 heavy (non-hydrogen) atoms. The highest BCUT2D eigenvalue weighted by Crippen LogP contribution is 2.26. The van der Waals surface area contributed by atoms with E-state index in [0.717, 1.165) is 6.20 Å². The molecule has 0 spiro atoms. The predicted molar refractivity (Wildman–Crippen MR) is 71.2 cm³/mol. The first kappa shape index (κ1) is 14.2. The third kappa shape index (κ3) is 2.56. The molecule has 1 aromatic rings. The van der Waals surface area contributed by atoms with Crippen LogP contribution in [0.1, 0.15) is 26.0 Å². The van der Waals surface area contributed by atoms with E-state index in [1.165, 1.54) is 11.0 Å². The summed E-state index contributed by atoms with van der Waals surface area (Å²) >= 11 is 0. The van der Waals surface area contributed by atoms with Crippen molar-refractivity contribution in [3.8, 4) is 0 Å². The maximum Gasteiger partial charge on any atom is 0.315 e. The topological polar surface area (TPSA) is 88.3 Å². The number of urea groups is 1. The second-order valence-electron chi connectivity index (χ2n) is 4.93. The van der Waals surface area contributed by atoms with E-state index in [2.05, 4.69) is 10.3 Å². The molecule has 1 aliphatic rings. The number of halogens is 1. The van der Waals surface area contributed by atoms with Crippen LogP contribution >= 0.6 is 0 Å². The zero-order valence-corrected chi connectivity index (χ0v) is 11.4. The number of anilines is 1. The van der Waals surface area contributed by atoms with Gasteiger partial charge in [-0.05, 0) is 5.92 Å². The molecule has 2 atom stereocenters. The van der Waals surface area contributed by atoms with Crippen molar-refractivity contribution in [1.29, 1.82) is 0 Å². The van der Waals surface area contributed by atoms with Crippen molar-refractivity contribution < 1.29 is 14.0 Å². The Bertz CT molecular complexity index is 549. The molecular formula is C13H17FN4O2. The molecule has 0 saturated heterocycles. The van der Waals surface area contributed by atoms with Gasteiger partial charge in [0.2, 0.25) is 5.91 Å². The van der Waals surface area contributed by atoms with Gasteiger partial charge in [-0.25, -0.2) is 9.18 Å². The van der Waals surface area contributed by atoms with E-state index in [9.17, 15) is 14.0 Å². The Morgan fingerprint density at radius 1 is 1.70 bits per heavy atom. The van der Waals surface area contributed by atoms with E-state index in [-0.39, 0.29) is 24.1 Å². The maximum absolute atomic E-state index is 13.2. The first-order chi connectivity index (χ1) is 9.43. The largest absolute Gasteiger partial charge is 0.351 e. The number of nitrogens with zero attached hydrogens (tertiary/aromatic N) is 2. The number of pyridine rings is 1. The summed E-state index contributed by atoms with van der Waals surface area (Å²) < 4.78 is 13.2. The van der Waals surface area contributed by atoms with Gasteiger partial charge in [0.1, 0.15) is 11.9 Å². The first-order valence-electron chi connectivity index (χ1n) is 6.45. The number of aromatic nitrogens is 1. The number of nitrogens with two attached hydrogens (primary N) is 1. The van der Waals surface area contributed by atoms with Gasteiger partial charge in [0.15, 0.2) is 0 Å². The molecule has 1 aromatic heterocycles. The van der Waals surface area contributed by atoms with Crippen LogP contribution in [0.4, 0.5) is 14.9 Å². The van der Waals surface area contributed by atoms with Crippen molar-refractivity contribution >= 4 is 17.6 Å². The summed E-state index contributed by atoms with van der Waals surface area (Å²) in [6, 6.07) is -0.183. The van der Waals surface area contributed by atoms with Crippen LogP contribution in [0.3, 0.4) is 0 Å². The van der Waals surface area contributed by atoms with Gasteiger partial charge in [0.05, 0.1) is 24.1 Å². The van der Waals surface area contributed by atoms with Crippen molar-refractivity contribution in [1.82, 2.24) is 9.88 Å². The number of rotatable bonds is 2. The molecule has 0 aromatic carbocycles. The lowest BCUT2D eigenvalue weighted by Gasteiger charge is -2.30. The zero-order valence-electron chi connectivity index (χ0n) is 11.4. The molecule has 2 heterocycles. The Morgan fingerprint density at radius 2 is 2.40 bits per heavy atom. The molecule has 0 saturated carbocycles. The van der Waals surface area contributed by atoms with Crippen molar-refractivity contribution in [2.75, 3.05) is 5.32 Å². The minimum Gasteiger partial charge on any atom is -0.351 e. The van der Waals surface area contributed by atoms with Crippen LogP contribution in [0.25, 0.3) is 0 Å². The monoisotopic (exact) mass is 280 g/mol. The summed E-state index contributed by atoms with van der Waals surface area (Å²) in [5, 5.41) is 2.62. The Hall–Kier alpha value is -2.18. The molecule has 1 aliphatic heterocycles. The summed E-state index contributed by atoms with van der Waals surface area (Å²) in [7, 11) is 0. The fourth-order valence-electron chi connectivity index (χ4n) is 2.31. The second-order valence-corrected chi connectivity index (χ2v) is 4.93. The van der Waals surface area contributed by atoms with Crippen LogP contribution in [0.5, 0.6) is 0 Å². The quantitative estimate of drug-likeness (QED) is 0.859. The second kappa shape index (κ2) is 5.44. The lowest BCUT2D eigenvalue weighted by molar-refractivity contribution is -0.121. The average Bonchev–Trinajstić information content (AvgIpc) is 2.53. The van der Waals surface area contributed by atoms with E-state index in [1.807, 2.05) is 13.8 Å². The number of carbonyl (C=O) groups excluding carboxylic acids is 2.